The molecule has 1 saturated heterocycles. The van der Waals surface area contributed by atoms with Gasteiger partial charge in [0.2, 0.25) is 0 Å². The van der Waals surface area contributed by atoms with Crippen LogP contribution in [0, 0.1) is 5.41 Å². The molecule has 19 heavy (non-hydrogen) atoms. The van der Waals surface area contributed by atoms with E-state index in [9.17, 15) is 9.90 Å². The topological polar surface area (TPSA) is 67.8 Å². The molecule has 0 aromatic heterocycles. The Bertz CT molecular complexity index is 476. The number of phenolic OH excluding ortho intramolecular Hbond substituents is 1. The molecular weight excluding hydrogens is 270 g/mol. The third-order valence-corrected chi connectivity index (χ3v) is 3.15. The quantitative estimate of drug-likeness (QED) is 0.877. The van der Waals surface area contributed by atoms with E-state index >= 15 is 0 Å². The highest BCUT2D eigenvalue weighted by Gasteiger charge is 2.39. The largest absolute Gasteiger partial charge is 0.508 e. The minimum atomic E-state index is -0.436. The summed E-state index contributed by atoms with van der Waals surface area (Å²) in [4.78, 5) is 11.4. The second-order valence-corrected chi connectivity index (χ2v) is 5.07. The van der Waals surface area contributed by atoms with Crippen LogP contribution in [-0.2, 0) is 4.74 Å². The third-order valence-electron chi connectivity index (χ3n) is 3.15. The van der Waals surface area contributed by atoms with Crippen LogP contribution in [0.15, 0.2) is 18.2 Å². The number of rotatable bonds is 2. The number of benzene rings is 1. The normalized spacial score (nSPS) is 20.8. The molecule has 0 bridgehead atoms. The number of amides is 1. The molecular formula is C13H18ClNO4. The molecule has 1 fully saturated rings. The van der Waals surface area contributed by atoms with Crippen LogP contribution in [0.25, 0.3) is 0 Å². The van der Waals surface area contributed by atoms with Crippen molar-refractivity contribution in [1.29, 1.82) is 0 Å². The van der Waals surface area contributed by atoms with Crippen LogP contribution in [0.1, 0.15) is 25.5 Å². The van der Waals surface area contributed by atoms with E-state index in [0.29, 0.717) is 12.4 Å². The number of carbonyl (C=O) groups excluding carboxylic acids is 1. The Morgan fingerprint density at radius 3 is 2.79 bits per heavy atom. The number of carbonyl (C=O) groups is 1. The summed E-state index contributed by atoms with van der Waals surface area (Å²) in [6.45, 7) is 4.35. The first-order chi connectivity index (χ1) is 8.44. The zero-order valence-corrected chi connectivity index (χ0v) is 11.9. The van der Waals surface area contributed by atoms with Gasteiger partial charge < -0.3 is 19.9 Å². The first kappa shape index (κ1) is 15.4. The third kappa shape index (κ3) is 3.04. The average molecular weight is 288 g/mol. The summed E-state index contributed by atoms with van der Waals surface area (Å²) in [7, 11) is 1.53. The Balaban J connectivity index is 0.00000180. The lowest BCUT2D eigenvalue weighted by Gasteiger charge is -2.39. The molecule has 1 heterocycles. The van der Waals surface area contributed by atoms with Crippen molar-refractivity contribution < 1.29 is 19.4 Å². The number of halogens is 1. The maximum atomic E-state index is 11.4. The molecule has 1 aliphatic rings. The van der Waals surface area contributed by atoms with E-state index in [4.69, 9.17) is 9.47 Å². The molecule has 0 radical (unpaired) electrons. The number of hydrogen-bond donors (Lipinski definition) is 2. The second-order valence-electron chi connectivity index (χ2n) is 5.07. The lowest BCUT2D eigenvalue weighted by Crippen LogP contribution is -2.47. The number of cyclic esters (lactones) is 1. The van der Waals surface area contributed by atoms with Gasteiger partial charge >= 0.3 is 6.09 Å². The van der Waals surface area contributed by atoms with Gasteiger partial charge in [-0.3, -0.25) is 0 Å². The van der Waals surface area contributed by atoms with Gasteiger partial charge in [-0.15, -0.1) is 12.4 Å². The molecule has 2 rings (SSSR count). The van der Waals surface area contributed by atoms with Crippen LogP contribution in [-0.4, -0.2) is 24.9 Å². The SMILES string of the molecule is COc1cc(O)ccc1[C@H]1NC(=O)OCC1(C)C.Cl. The smallest absolute Gasteiger partial charge is 0.407 e. The molecule has 0 unspecified atom stereocenters. The van der Waals surface area contributed by atoms with Gasteiger partial charge in [0.1, 0.15) is 18.1 Å². The number of nitrogens with one attached hydrogen (secondary N) is 1. The van der Waals surface area contributed by atoms with E-state index in [0.717, 1.165) is 5.56 Å². The number of aromatic hydroxyl groups is 1. The molecule has 0 spiro atoms. The van der Waals surface area contributed by atoms with Gasteiger partial charge in [0.25, 0.3) is 0 Å². The molecule has 2 N–H and O–H groups in total. The lowest BCUT2D eigenvalue weighted by molar-refractivity contribution is 0.0381. The molecule has 1 aromatic rings. The summed E-state index contributed by atoms with van der Waals surface area (Å²) in [5.41, 5.74) is 0.579. The van der Waals surface area contributed by atoms with Crippen LogP contribution in [0.3, 0.4) is 0 Å². The Labute approximate surface area is 118 Å². The van der Waals surface area contributed by atoms with Crippen molar-refractivity contribution >= 4 is 18.5 Å². The Morgan fingerprint density at radius 2 is 2.16 bits per heavy atom. The second kappa shape index (κ2) is 5.57. The van der Waals surface area contributed by atoms with Gasteiger partial charge in [0, 0.05) is 17.0 Å². The Hall–Kier alpha value is -1.62. The van der Waals surface area contributed by atoms with Crippen LogP contribution >= 0.6 is 12.4 Å². The fourth-order valence-electron chi connectivity index (χ4n) is 2.13. The van der Waals surface area contributed by atoms with Crippen molar-refractivity contribution in [1.82, 2.24) is 5.32 Å². The van der Waals surface area contributed by atoms with Gasteiger partial charge in [-0.2, -0.15) is 0 Å². The average Bonchev–Trinajstić information content (AvgIpc) is 2.32. The molecule has 1 atom stereocenters. The predicted octanol–water partition coefficient (Wildman–Crippen LogP) is 2.63. The number of phenols is 1. The zero-order chi connectivity index (χ0) is 13.3. The number of alkyl carbamates (subject to hydrolysis) is 1. The maximum absolute atomic E-state index is 11.4. The summed E-state index contributed by atoms with van der Waals surface area (Å²) in [5.74, 6) is 0.682. The van der Waals surface area contributed by atoms with Crippen molar-refractivity contribution in [3.63, 3.8) is 0 Å². The number of ether oxygens (including phenoxy) is 2. The highest BCUT2D eigenvalue weighted by Crippen LogP contribution is 2.41. The van der Waals surface area contributed by atoms with E-state index in [1.807, 2.05) is 13.8 Å². The standard InChI is InChI=1S/C13H17NO4.ClH/c1-13(2)7-18-12(16)14-11(13)9-5-4-8(15)6-10(9)17-3;/h4-6,11,15H,7H2,1-3H3,(H,14,16);1H/t11-;/m1./s1. The van der Waals surface area contributed by atoms with Crippen molar-refractivity contribution in [2.45, 2.75) is 19.9 Å². The Kier molecular flexibility index (Phi) is 4.52. The molecule has 1 aromatic carbocycles. The molecule has 1 aliphatic heterocycles. The van der Waals surface area contributed by atoms with Gasteiger partial charge in [0.05, 0.1) is 13.2 Å². The minimum Gasteiger partial charge on any atom is -0.508 e. The molecule has 5 nitrogen and oxygen atoms in total. The zero-order valence-electron chi connectivity index (χ0n) is 11.1. The van der Waals surface area contributed by atoms with Crippen LogP contribution in [0.2, 0.25) is 0 Å². The summed E-state index contributed by atoms with van der Waals surface area (Å²) in [5, 5.41) is 12.3. The summed E-state index contributed by atoms with van der Waals surface area (Å²) < 4.78 is 10.3. The van der Waals surface area contributed by atoms with Gasteiger partial charge in [0.15, 0.2) is 0 Å². The van der Waals surface area contributed by atoms with Crippen LogP contribution in [0.5, 0.6) is 11.5 Å². The van der Waals surface area contributed by atoms with E-state index in [-0.39, 0.29) is 29.6 Å². The fourth-order valence-corrected chi connectivity index (χ4v) is 2.13. The molecule has 6 heteroatoms. The molecule has 1 amide bonds. The predicted molar refractivity (Wildman–Crippen MR) is 72.9 cm³/mol. The molecule has 0 aliphatic carbocycles. The van der Waals surface area contributed by atoms with E-state index in [1.54, 1.807) is 12.1 Å². The number of methoxy groups -OCH3 is 1. The number of hydrogen-bond acceptors (Lipinski definition) is 4. The van der Waals surface area contributed by atoms with E-state index in [2.05, 4.69) is 5.32 Å². The lowest BCUT2D eigenvalue weighted by atomic mass is 9.80. The first-order valence-corrected chi connectivity index (χ1v) is 5.74. The molecule has 0 saturated carbocycles. The highest BCUT2D eigenvalue weighted by atomic mass is 35.5. The van der Waals surface area contributed by atoms with Crippen LogP contribution < -0.4 is 10.1 Å². The minimum absolute atomic E-state index is 0. The molecule has 106 valence electrons. The summed E-state index contributed by atoms with van der Waals surface area (Å²) in [6.07, 6.45) is -0.436. The maximum Gasteiger partial charge on any atom is 0.407 e. The van der Waals surface area contributed by atoms with Crippen molar-refractivity contribution in [2.24, 2.45) is 5.41 Å². The van der Waals surface area contributed by atoms with Gasteiger partial charge in [-0.1, -0.05) is 13.8 Å². The highest BCUT2D eigenvalue weighted by molar-refractivity contribution is 5.85. The monoisotopic (exact) mass is 287 g/mol. The van der Waals surface area contributed by atoms with Crippen molar-refractivity contribution in [3.8, 4) is 11.5 Å². The van der Waals surface area contributed by atoms with Crippen LogP contribution in [0.4, 0.5) is 4.79 Å². The van der Waals surface area contributed by atoms with Gasteiger partial charge in [-0.25, -0.2) is 4.79 Å². The van der Waals surface area contributed by atoms with Crippen molar-refractivity contribution in [3.05, 3.63) is 23.8 Å². The summed E-state index contributed by atoms with van der Waals surface area (Å²) in [6, 6.07) is 4.66. The fraction of sp³-hybridized carbons (Fsp3) is 0.462. The van der Waals surface area contributed by atoms with E-state index in [1.165, 1.54) is 13.2 Å². The van der Waals surface area contributed by atoms with Gasteiger partial charge in [-0.05, 0) is 12.1 Å². The Morgan fingerprint density at radius 1 is 1.47 bits per heavy atom. The summed E-state index contributed by atoms with van der Waals surface area (Å²) >= 11 is 0. The van der Waals surface area contributed by atoms with Crippen molar-refractivity contribution in [2.75, 3.05) is 13.7 Å². The first-order valence-electron chi connectivity index (χ1n) is 5.74. The van der Waals surface area contributed by atoms with E-state index < -0.39 is 6.09 Å².